The fraction of sp³-hybridized carbons (Fsp3) is 0. The summed E-state index contributed by atoms with van der Waals surface area (Å²) in [6, 6.07) is 10.4. The molecular weight excluding hydrogens is 295 g/mol. The summed E-state index contributed by atoms with van der Waals surface area (Å²) < 4.78 is 15.5. The second-order valence-corrected chi connectivity index (χ2v) is 5.63. The zero-order chi connectivity index (χ0) is 15.2. The molecule has 0 saturated carbocycles. The summed E-state index contributed by atoms with van der Waals surface area (Å²) in [5, 5.41) is 0. The SMILES string of the molecule is O=C1c2ccccc2C(=O)c2c(OP(=O)(O)O)cccc21. The van der Waals surface area contributed by atoms with Crippen LogP contribution in [0.3, 0.4) is 0 Å². The molecule has 1 aliphatic rings. The first kappa shape index (κ1) is 13.7. The minimum absolute atomic E-state index is 0.0738. The average Bonchev–Trinajstić information content (AvgIpc) is 2.43. The van der Waals surface area contributed by atoms with Crippen molar-refractivity contribution in [3.8, 4) is 5.75 Å². The van der Waals surface area contributed by atoms with Crippen LogP contribution in [-0.4, -0.2) is 21.4 Å². The zero-order valence-corrected chi connectivity index (χ0v) is 11.4. The van der Waals surface area contributed by atoms with E-state index in [4.69, 9.17) is 9.79 Å². The van der Waals surface area contributed by atoms with Gasteiger partial charge in [0.15, 0.2) is 11.6 Å². The molecular formula is C14H9O6P. The number of ketones is 2. The maximum atomic E-state index is 12.5. The highest BCUT2D eigenvalue weighted by Crippen LogP contribution is 2.42. The molecule has 0 spiro atoms. The summed E-state index contributed by atoms with van der Waals surface area (Å²) in [5.41, 5.74) is 0.411. The Labute approximate surface area is 119 Å². The van der Waals surface area contributed by atoms with Gasteiger partial charge in [0.2, 0.25) is 0 Å². The Bertz CT molecular complexity index is 820. The molecule has 0 aliphatic heterocycles. The van der Waals surface area contributed by atoms with Crippen LogP contribution in [0.2, 0.25) is 0 Å². The number of carbonyl (C=O) groups excluding carboxylic acids is 2. The van der Waals surface area contributed by atoms with E-state index in [1.165, 1.54) is 30.3 Å². The number of carbonyl (C=O) groups is 2. The van der Waals surface area contributed by atoms with Crippen molar-refractivity contribution in [1.29, 1.82) is 0 Å². The van der Waals surface area contributed by atoms with Crippen LogP contribution in [0.25, 0.3) is 0 Å². The summed E-state index contributed by atoms with van der Waals surface area (Å²) in [4.78, 5) is 42.7. The van der Waals surface area contributed by atoms with Gasteiger partial charge < -0.3 is 4.52 Å². The van der Waals surface area contributed by atoms with Gasteiger partial charge in [0.1, 0.15) is 5.75 Å². The largest absolute Gasteiger partial charge is 0.524 e. The van der Waals surface area contributed by atoms with Crippen LogP contribution in [0.15, 0.2) is 42.5 Å². The first-order chi connectivity index (χ1) is 9.88. The van der Waals surface area contributed by atoms with Crippen molar-refractivity contribution in [3.05, 3.63) is 64.7 Å². The molecule has 0 bridgehead atoms. The number of hydrogen-bond acceptors (Lipinski definition) is 4. The summed E-state index contributed by atoms with van der Waals surface area (Å²) in [6.07, 6.45) is 0. The lowest BCUT2D eigenvalue weighted by Crippen LogP contribution is -2.21. The van der Waals surface area contributed by atoms with E-state index in [2.05, 4.69) is 4.52 Å². The van der Waals surface area contributed by atoms with E-state index in [0.717, 1.165) is 0 Å². The van der Waals surface area contributed by atoms with E-state index in [1.807, 2.05) is 0 Å². The number of fused-ring (bicyclic) bond motifs is 2. The van der Waals surface area contributed by atoms with Gasteiger partial charge in [0, 0.05) is 16.7 Å². The molecule has 2 aromatic carbocycles. The molecule has 0 amide bonds. The van der Waals surface area contributed by atoms with Crippen LogP contribution in [0.1, 0.15) is 31.8 Å². The van der Waals surface area contributed by atoms with Crippen molar-refractivity contribution < 1.29 is 28.5 Å². The molecule has 0 fully saturated rings. The maximum Gasteiger partial charge on any atom is 0.524 e. The van der Waals surface area contributed by atoms with E-state index in [9.17, 15) is 14.2 Å². The highest BCUT2D eigenvalue weighted by Gasteiger charge is 2.33. The molecule has 0 radical (unpaired) electrons. The van der Waals surface area contributed by atoms with Gasteiger partial charge in [-0.2, -0.15) is 0 Å². The molecule has 6 nitrogen and oxygen atoms in total. The summed E-state index contributed by atoms with van der Waals surface area (Å²) in [6.45, 7) is 0. The number of phosphoric ester groups is 1. The fourth-order valence-corrected chi connectivity index (χ4v) is 2.73. The Morgan fingerprint density at radius 2 is 1.38 bits per heavy atom. The van der Waals surface area contributed by atoms with Crippen molar-refractivity contribution in [1.82, 2.24) is 0 Å². The van der Waals surface area contributed by atoms with Crippen LogP contribution in [-0.2, 0) is 4.57 Å². The summed E-state index contributed by atoms with van der Waals surface area (Å²) >= 11 is 0. The Morgan fingerprint density at radius 3 is 2.00 bits per heavy atom. The van der Waals surface area contributed by atoms with E-state index < -0.39 is 13.6 Å². The Hall–Kier alpha value is -2.27. The first-order valence-electron chi connectivity index (χ1n) is 5.95. The third kappa shape index (κ3) is 2.29. The predicted octanol–water partition coefficient (Wildman–Crippen LogP) is 1.93. The van der Waals surface area contributed by atoms with E-state index in [0.29, 0.717) is 0 Å². The molecule has 1 aliphatic carbocycles. The van der Waals surface area contributed by atoms with Crippen molar-refractivity contribution >= 4 is 19.4 Å². The molecule has 0 unspecified atom stereocenters. The van der Waals surface area contributed by atoms with Gasteiger partial charge >= 0.3 is 7.82 Å². The second-order valence-electron chi connectivity index (χ2n) is 4.46. The van der Waals surface area contributed by atoms with Crippen LogP contribution in [0, 0.1) is 0 Å². The van der Waals surface area contributed by atoms with Crippen molar-refractivity contribution in [2.24, 2.45) is 0 Å². The summed E-state index contributed by atoms with van der Waals surface area (Å²) in [7, 11) is -4.83. The van der Waals surface area contributed by atoms with Crippen molar-refractivity contribution in [3.63, 3.8) is 0 Å². The molecule has 0 saturated heterocycles. The fourth-order valence-electron chi connectivity index (χ4n) is 2.32. The molecule has 0 aromatic heterocycles. The van der Waals surface area contributed by atoms with Crippen LogP contribution >= 0.6 is 7.82 Å². The van der Waals surface area contributed by atoms with Gasteiger partial charge in [-0.05, 0) is 6.07 Å². The van der Waals surface area contributed by atoms with Crippen molar-refractivity contribution in [2.45, 2.75) is 0 Å². The molecule has 2 N–H and O–H groups in total. The van der Waals surface area contributed by atoms with Crippen LogP contribution < -0.4 is 4.52 Å². The minimum Gasteiger partial charge on any atom is -0.403 e. The molecule has 21 heavy (non-hydrogen) atoms. The van der Waals surface area contributed by atoms with Gasteiger partial charge in [0.25, 0.3) is 0 Å². The molecule has 7 heteroatoms. The molecule has 106 valence electrons. The molecule has 3 rings (SSSR count). The van der Waals surface area contributed by atoms with E-state index >= 15 is 0 Å². The monoisotopic (exact) mass is 304 g/mol. The van der Waals surface area contributed by atoms with Gasteiger partial charge in [-0.25, -0.2) is 4.57 Å². The number of hydrogen-bond donors (Lipinski definition) is 2. The van der Waals surface area contributed by atoms with E-state index in [-0.39, 0.29) is 33.8 Å². The van der Waals surface area contributed by atoms with Gasteiger partial charge in [-0.3, -0.25) is 19.4 Å². The number of benzene rings is 2. The standard InChI is InChI=1S/C14H9O6P/c15-13-8-4-1-2-5-9(8)14(16)12-10(13)6-3-7-11(12)20-21(17,18)19/h1-7H,(H2,17,18,19). The Kier molecular flexibility index (Phi) is 3.02. The highest BCUT2D eigenvalue weighted by atomic mass is 31.2. The number of rotatable bonds is 2. The second kappa shape index (κ2) is 4.63. The lowest BCUT2D eigenvalue weighted by molar-refractivity contribution is 0.0977. The van der Waals surface area contributed by atoms with E-state index in [1.54, 1.807) is 12.1 Å². The predicted molar refractivity (Wildman–Crippen MR) is 72.4 cm³/mol. The quantitative estimate of drug-likeness (QED) is 0.702. The van der Waals surface area contributed by atoms with Crippen LogP contribution in [0.4, 0.5) is 0 Å². The number of phosphoric acid groups is 1. The maximum absolute atomic E-state index is 12.5. The van der Waals surface area contributed by atoms with Crippen LogP contribution in [0.5, 0.6) is 5.75 Å². The van der Waals surface area contributed by atoms with Gasteiger partial charge in [0.05, 0.1) is 5.56 Å². The Balaban J connectivity index is 2.24. The Morgan fingerprint density at radius 1 is 0.810 bits per heavy atom. The smallest absolute Gasteiger partial charge is 0.403 e. The lowest BCUT2D eigenvalue weighted by atomic mass is 9.84. The lowest BCUT2D eigenvalue weighted by Gasteiger charge is -2.20. The third-order valence-electron chi connectivity index (χ3n) is 3.13. The van der Waals surface area contributed by atoms with Gasteiger partial charge in [-0.15, -0.1) is 0 Å². The molecule has 0 atom stereocenters. The first-order valence-corrected chi connectivity index (χ1v) is 7.48. The summed E-state index contributed by atoms with van der Waals surface area (Å²) in [5.74, 6) is -1.17. The highest BCUT2D eigenvalue weighted by molar-refractivity contribution is 7.46. The minimum atomic E-state index is -4.83. The molecule has 2 aromatic rings. The molecule has 0 heterocycles. The zero-order valence-electron chi connectivity index (χ0n) is 10.5. The van der Waals surface area contributed by atoms with Gasteiger partial charge in [-0.1, -0.05) is 36.4 Å². The third-order valence-corrected chi connectivity index (χ3v) is 3.57. The topological polar surface area (TPSA) is 101 Å². The normalized spacial score (nSPS) is 13.6. The van der Waals surface area contributed by atoms with Crippen molar-refractivity contribution in [2.75, 3.05) is 0 Å². The average molecular weight is 304 g/mol.